The first-order valence-corrected chi connectivity index (χ1v) is 7.14. The number of rotatable bonds is 4. The average molecular weight is 313 g/mol. The standard InChI is InChI=1S/C13H21BrN4/c1-17-6-8-18(9-7-17)16-13(10-15)11-4-2-3-5-12(11)14/h2-5,13,16H,6-10,15H2,1H3. The van der Waals surface area contributed by atoms with E-state index >= 15 is 0 Å². The Morgan fingerprint density at radius 3 is 2.56 bits per heavy atom. The lowest BCUT2D eigenvalue weighted by molar-refractivity contribution is 0.0879. The van der Waals surface area contributed by atoms with Crippen molar-refractivity contribution in [2.75, 3.05) is 39.8 Å². The van der Waals surface area contributed by atoms with E-state index in [1.807, 2.05) is 6.07 Å². The molecule has 0 amide bonds. The molecule has 1 aromatic carbocycles. The van der Waals surface area contributed by atoms with E-state index in [4.69, 9.17) is 5.73 Å². The van der Waals surface area contributed by atoms with Crippen molar-refractivity contribution in [1.29, 1.82) is 0 Å². The number of nitrogens with zero attached hydrogens (tertiary/aromatic N) is 2. The SMILES string of the molecule is CN1CCN(NC(CN)c2ccccc2Br)CC1. The Balaban J connectivity index is 1.99. The monoisotopic (exact) mass is 312 g/mol. The Labute approximate surface area is 117 Å². The highest BCUT2D eigenvalue weighted by Crippen LogP contribution is 2.22. The maximum Gasteiger partial charge on any atom is 0.0598 e. The van der Waals surface area contributed by atoms with Crippen LogP contribution >= 0.6 is 15.9 Å². The summed E-state index contributed by atoms with van der Waals surface area (Å²) in [6, 6.07) is 8.42. The lowest BCUT2D eigenvalue weighted by Gasteiger charge is -2.35. The molecule has 5 heteroatoms. The van der Waals surface area contributed by atoms with Crippen molar-refractivity contribution in [2.24, 2.45) is 5.73 Å². The highest BCUT2D eigenvalue weighted by Gasteiger charge is 2.19. The molecule has 3 N–H and O–H groups in total. The summed E-state index contributed by atoms with van der Waals surface area (Å²) in [4.78, 5) is 2.34. The Morgan fingerprint density at radius 2 is 1.94 bits per heavy atom. The number of likely N-dealkylation sites (N-methyl/N-ethyl adjacent to an activating group) is 1. The van der Waals surface area contributed by atoms with E-state index in [0.717, 1.165) is 30.7 Å². The largest absolute Gasteiger partial charge is 0.329 e. The molecule has 1 aliphatic rings. The number of halogens is 1. The second-order valence-corrected chi connectivity index (χ2v) is 5.58. The van der Waals surface area contributed by atoms with Crippen LogP contribution < -0.4 is 11.2 Å². The molecule has 4 nitrogen and oxygen atoms in total. The number of nitrogens with two attached hydrogens (primary N) is 1. The second-order valence-electron chi connectivity index (χ2n) is 4.73. The summed E-state index contributed by atoms with van der Waals surface area (Å²) in [6.45, 7) is 4.87. The number of hydrazine groups is 1. The van der Waals surface area contributed by atoms with E-state index in [-0.39, 0.29) is 6.04 Å². The summed E-state index contributed by atoms with van der Waals surface area (Å²) in [5.74, 6) is 0. The van der Waals surface area contributed by atoms with Gasteiger partial charge in [-0.15, -0.1) is 0 Å². The number of benzene rings is 1. The lowest BCUT2D eigenvalue weighted by atomic mass is 10.1. The molecule has 0 aliphatic carbocycles. The van der Waals surface area contributed by atoms with E-state index < -0.39 is 0 Å². The van der Waals surface area contributed by atoms with Crippen LogP contribution in [0.15, 0.2) is 28.7 Å². The molecule has 2 rings (SSSR count). The Kier molecular flexibility index (Phi) is 5.14. The van der Waals surface area contributed by atoms with Crippen molar-refractivity contribution < 1.29 is 0 Å². The molecule has 1 aromatic rings. The van der Waals surface area contributed by atoms with Crippen LogP contribution in [0.4, 0.5) is 0 Å². The molecular weight excluding hydrogens is 292 g/mol. The van der Waals surface area contributed by atoms with Gasteiger partial charge >= 0.3 is 0 Å². The van der Waals surface area contributed by atoms with Gasteiger partial charge in [0.15, 0.2) is 0 Å². The zero-order valence-corrected chi connectivity index (χ0v) is 12.4. The van der Waals surface area contributed by atoms with Gasteiger partial charge in [0.1, 0.15) is 0 Å². The Hall–Kier alpha value is -0.460. The maximum atomic E-state index is 5.90. The third-order valence-electron chi connectivity index (χ3n) is 3.36. The molecule has 1 heterocycles. The third-order valence-corrected chi connectivity index (χ3v) is 4.08. The van der Waals surface area contributed by atoms with Gasteiger partial charge in [-0.25, -0.2) is 10.4 Å². The molecule has 0 aromatic heterocycles. The van der Waals surface area contributed by atoms with Gasteiger partial charge < -0.3 is 10.6 Å². The van der Waals surface area contributed by atoms with Crippen LogP contribution in [0.25, 0.3) is 0 Å². The molecule has 1 aliphatic heterocycles. The minimum Gasteiger partial charge on any atom is -0.329 e. The molecule has 0 radical (unpaired) electrons. The first-order valence-electron chi connectivity index (χ1n) is 6.35. The van der Waals surface area contributed by atoms with Crippen LogP contribution in [0.2, 0.25) is 0 Å². The van der Waals surface area contributed by atoms with Gasteiger partial charge in [-0.05, 0) is 18.7 Å². The zero-order valence-electron chi connectivity index (χ0n) is 10.8. The second kappa shape index (κ2) is 6.63. The smallest absolute Gasteiger partial charge is 0.0598 e. The van der Waals surface area contributed by atoms with Gasteiger partial charge in [0, 0.05) is 37.2 Å². The van der Waals surface area contributed by atoms with Crippen molar-refractivity contribution in [1.82, 2.24) is 15.3 Å². The van der Waals surface area contributed by atoms with Gasteiger partial charge in [0.25, 0.3) is 0 Å². The fraction of sp³-hybridized carbons (Fsp3) is 0.538. The van der Waals surface area contributed by atoms with Crippen molar-refractivity contribution in [3.63, 3.8) is 0 Å². The van der Waals surface area contributed by atoms with Crippen molar-refractivity contribution >= 4 is 15.9 Å². The van der Waals surface area contributed by atoms with Gasteiger partial charge in [0.05, 0.1) is 6.04 Å². The van der Waals surface area contributed by atoms with Crippen LogP contribution in [0, 0.1) is 0 Å². The zero-order chi connectivity index (χ0) is 13.0. The van der Waals surface area contributed by atoms with E-state index in [1.165, 1.54) is 5.56 Å². The molecule has 1 saturated heterocycles. The molecular formula is C13H21BrN4. The number of hydrogen-bond donors (Lipinski definition) is 2. The molecule has 0 spiro atoms. The van der Waals surface area contributed by atoms with E-state index in [9.17, 15) is 0 Å². The fourth-order valence-electron chi connectivity index (χ4n) is 2.16. The van der Waals surface area contributed by atoms with Crippen LogP contribution in [-0.2, 0) is 0 Å². The molecule has 0 bridgehead atoms. The fourth-order valence-corrected chi connectivity index (χ4v) is 2.72. The van der Waals surface area contributed by atoms with Gasteiger partial charge in [-0.3, -0.25) is 0 Å². The van der Waals surface area contributed by atoms with E-state index in [1.54, 1.807) is 0 Å². The molecule has 1 atom stereocenters. The summed E-state index contributed by atoms with van der Waals surface area (Å²) in [7, 11) is 2.16. The predicted octanol–water partition coefficient (Wildman–Crippen LogP) is 1.20. The summed E-state index contributed by atoms with van der Waals surface area (Å²) in [6.07, 6.45) is 0. The van der Waals surface area contributed by atoms with Crippen LogP contribution in [-0.4, -0.2) is 49.7 Å². The summed E-state index contributed by atoms with van der Waals surface area (Å²) in [5.41, 5.74) is 10.7. The highest BCUT2D eigenvalue weighted by atomic mass is 79.9. The van der Waals surface area contributed by atoms with Crippen molar-refractivity contribution in [3.05, 3.63) is 34.3 Å². The van der Waals surface area contributed by atoms with E-state index in [0.29, 0.717) is 6.54 Å². The minimum atomic E-state index is 0.170. The van der Waals surface area contributed by atoms with Crippen LogP contribution in [0.1, 0.15) is 11.6 Å². The van der Waals surface area contributed by atoms with Crippen LogP contribution in [0.3, 0.4) is 0 Å². The maximum absolute atomic E-state index is 5.90. The molecule has 1 unspecified atom stereocenters. The minimum absolute atomic E-state index is 0.170. The first kappa shape index (κ1) is 14.0. The number of piperazine rings is 1. The Bertz CT molecular complexity index is 377. The normalized spacial score (nSPS) is 19.9. The molecule has 100 valence electrons. The number of hydrogen-bond acceptors (Lipinski definition) is 4. The molecule has 0 saturated carbocycles. The summed E-state index contributed by atoms with van der Waals surface area (Å²) in [5, 5.41) is 2.27. The lowest BCUT2D eigenvalue weighted by Crippen LogP contribution is -2.52. The summed E-state index contributed by atoms with van der Waals surface area (Å²) < 4.78 is 1.11. The van der Waals surface area contributed by atoms with E-state index in [2.05, 4.69) is 56.5 Å². The molecule has 18 heavy (non-hydrogen) atoms. The highest BCUT2D eigenvalue weighted by molar-refractivity contribution is 9.10. The third kappa shape index (κ3) is 3.52. The topological polar surface area (TPSA) is 44.5 Å². The van der Waals surface area contributed by atoms with Gasteiger partial charge in [-0.2, -0.15) is 0 Å². The Morgan fingerprint density at radius 1 is 1.28 bits per heavy atom. The van der Waals surface area contributed by atoms with Crippen molar-refractivity contribution in [3.8, 4) is 0 Å². The number of nitrogens with one attached hydrogen (secondary N) is 1. The first-order chi connectivity index (χ1) is 8.70. The van der Waals surface area contributed by atoms with Gasteiger partial charge in [-0.1, -0.05) is 34.1 Å². The predicted molar refractivity (Wildman–Crippen MR) is 78.1 cm³/mol. The summed E-state index contributed by atoms with van der Waals surface area (Å²) >= 11 is 3.59. The average Bonchev–Trinajstić information content (AvgIpc) is 2.39. The van der Waals surface area contributed by atoms with Crippen LogP contribution in [0.5, 0.6) is 0 Å². The quantitative estimate of drug-likeness (QED) is 0.877. The molecule has 1 fully saturated rings. The van der Waals surface area contributed by atoms with Gasteiger partial charge in [0.2, 0.25) is 0 Å². The van der Waals surface area contributed by atoms with Crippen molar-refractivity contribution in [2.45, 2.75) is 6.04 Å².